The molecular weight excluding hydrogens is 448 g/mol. The van der Waals surface area contributed by atoms with E-state index < -0.39 is 65.4 Å². The van der Waals surface area contributed by atoms with Crippen LogP contribution in [-0.4, -0.2) is 89.5 Å². The van der Waals surface area contributed by atoms with Gasteiger partial charge in [-0.25, -0.2) is 0 Å². The van der Waals surface area contributed by atoms with Crippen LogP contribution in [0.15, 0.2) is 0 Å². The van der Waals surface area contributed by atoms with Crippen LogP contribution >= 0.6 is 0 Å². The third-order valence-electron chi connectivity index (χ3n) is 6.51. The van der Waals surface area contributed by atoms with Gasteiger partial charge in [0.1, 0.15) is 36.6 Å². The zero-order valence-electron chi connectivity index (χ0n) is 21.7. The molecule has 10 heteroatoms. The second-order valence-electron chi connectivity index (χ2n) is 11.8. The normalized spacial score (nSPS) is 42.1. The Bertz CT molecular complexity index is 789. The summed E-state index contributed by atoms with van der Waals surface area (Å²) in [5.74, 6) is -3.80. The van der Waals surface area contributed by atoms with Gasteiger partial charge in [-0.15, -0.1) is 0 Å². The van der Waals surface area contributed by atoms with Crippen molar-refractivity contribution in [3.63, 3.8) is 0 Å². The van der Waals surface area contributed by atoms with E-state index in [-0.39, 0.29) is 18.8 Å². The van der Waals surface area contributed by atoms with Gasteiger partial charge in [0.05, 0.1) is 18.8 Å². The standard InChI is InChI=1S/C24H40O10/c1-20(2)27-11-14(29-20)17-16(31-22(5,6)32-17)13(25)10-24(9,26)19-18(33-23(7,8)34-19)15-12-28-21(3,4)30-15/h14-19,26H,10-12H2,1-9H3/t14-,15-,16-,17-,18-,19+,24-/m0/s1. The van der Waals surface area contributed by atoms with E-state index >= 15 is 0 Å². The highest BCUT2D eigenvalue weighted by Crippen LogP contribution is 2.42. The summed E-state index contributed by atoms with van der Waals surface area (Å²) in [6.45, 7) is 16.4. The third-order valence-corrected chi connectivity index (χ3v) is 6.51. The van der Waals surface area contributed by atoms with E-state index in [4.69, 9.17) is 37.9 Å². The Labute approximate surface area is 201 Å². The van der Waals surface area contributed by atoms with Gasteiger partial charge in [-0.3, -0.25) is 4.79 Å². The molecule has 0 aromatic carbocycles. The van der Waals surface area contributed by atoms with Crippen molar-refractivity contribution in [2.24, 2.45) is 0 Å². The van der Waals surface area contributed by atoms with Crippen LogP contribution < -0.4 is 0 Å². The van der Waals surface area contributed by atoms with E-state index in [0.717, 1.165) is 0 Å². The third kappa shape index (κ3) is 5.50. The highest BCUT2D eigenvalue weighted by atomic mass is 16.8. The van der Waals surface area contributed by atoms with Crippen LogP contribution in [0.1, 0.15) is 68.7 Å². The summed E-state index contributed by atoms with van der Waals surface area (Å²) in [6, 6.07) is 0. The molecule has 0 aromatic rings. The predicted octanol–water partition coefficient (Wildman–Crippen LogP) is 2.04. The second-order valence-corrected chi connectivity index (χ2v) is 11.8. The van der Waals surface area contributed by atoms with E-state index in [1.54, 1.807) is 34.6 Å². The molecule has 4 rings (SSSR count). The molecule has 4 aliphatic rings. The van der Waals surface area contributed by atoms with E-state index in [2.05, 4.69) is 0 Å². The van der Waals surface area contributed by atoms with Crippen LogP contribution in [0.25, 0.3) is 0 Å². The minimum Gasteiger partial charge on any atom is -0.387 e. The summed E-state index contributed by atoms with van der Waals surface area (Å²) < 4.78 is 47.5. The average molecular weight is 489 g/mol. The first-order valence-corrected chi connectivity index (χ1v) is 12.0. The van der Waals surface area contributed by atoms with Gasteiger partial charge in [0.2, 0.25) is 0 Å². The van der Waals surface area contributed by atoms with Crippen molar-refractivity contribution in [2.45, 2.75) is 134 Å². The maximum atomic E-state index is 13.5. The molecule has 0 spiro atoms. The lowest BCUT2D eigenvalue weighted by atomic mass is 9.85. The lowest BCUT2D eigenvalue weighted by Gasteiger charge is -2.34. The fraction of sp³-hybridized carbons (Fsp3) is 0.958. The lowest BCUT2D eigenvalue weighted by molar-refractivity contribution is -0.178. The molecule has 4 fully saturated rings. The average Bonchev–Trinajstić information content (AvgIpc) is 3.38. The van der Waals surface area contributed by atoms with Gasteiger partial charge in [0.25, 0.3) is 0 Å². The Balaban J connectivity index is 1.50. The summed E-state index contributed by atoms with van der Waals surface area (Å²) in [6.07, 6.45) is -4.20. The Kier molecular flexibility index (Phi) is 6.54. The predicted molar refractivity (Wildman–Crippen MR) is 118 cm³/mol. The molecule has 0 bridgehead atoms. The Morgan fingerprint density at radius 3 is 1.71 bits per heavy atom. The largest absolute Gasteiger partial charge is 0.387 e. The fourth-order valence-electron chi connectivity index (χ4n) is 5.16. The number of aliphatic hydroxyl groups is 1. The van der Waals surface area contributed by atoms with E-state index in [0.29, 0.717) is 6.61 Å². The first kappa shape index (κ1) is 26.4. The molecule has 0 radical (unpaired) electrons. The van der Waals surface area contributed by atoms with Gasteiger partial charge < -0.3 is 43.0 Å². The molecule has 0 amide bonds. The number of Topliss-reactive ketones (excluding diaryl/α,β-unsaturated/α-hetero) is 1. The fourth-order valence-corrected chi connectivity index (χ4v) is 5.16. The first-order chi connectivity index (χ1) is 15.4. The van der Waals surface area contributed by atoms with Gasteiger partial charge >= 0.3 is 0 Å². The summed E-state index contributed by atoms with van der Waals surface area (Å²) in [5, 5.41) is 11.5. The summed E-state index contributed by atoms with van der Waals surface area (Å²) >= 11 is 0. The molecule has 34 heavy (non-hydrogen) atoms. The molecule has 0 unspecified atom stereocenters. The summed E-state index contributed by atoms with van der Waals surface area (Å²) in [5.41, 5.74) is -1.57. The van der Waals surface area contributed by atoms with Crippen LogP contribution in [0.2, 0.25) is 0 Å². The maximum Gasteiger partial charge on any atom is 0.167 e. The topological polar surface area (TPSA) is 111 Å². The SMILES string of the molecule is CC1(C)OC[C@@H]([C@@H]2OC(C)(C)O[C@H]2[C@@](C)(O)CC(=O)[C@@H]2OC(C)(C)O[C@H]2[C@@H]2COC(C)(C)O2)O1. The van der Waals surface area contributed by atoms with Crippen molar-refractivity contribution in [3.8, 4) is 0 Å². The van der Waals surface area contributed by atoms with Crippen LogP contribution in [0.5, 0.6) is 0 Å². The van der Waals surface area contributed by atoms with Gasteiger partial charge in [-0.2, -0.15) is 0 Å². The van der Waals surface area contributed by atoms with Gasteiger partial charge in [-0.1, -0.05) is 0 Å². The molecular formula is C24H40O10. The van der Waals surface area contributed by atoms with Crippen LogP contribution in [0, 0.1) is 0 Å². The van der Waals surface area contributed by atoms with Crippen LogP contribution in [0.3, 0.4) is 0 Å². The van der Waals surface area contributed by atoms with E-state index in [1.165, 1.54) is 0 Å². The smallest absolute Gasteiger partial charge is 0.167 e. The highest BCUT2D eigenvalue weighted by molar-refractivity contribution is 5.85. The summed E-state index contributed by atoms with van der Waals surface area (Å²) in [4.78, 5) is 13.5. The second kappa shape index (κ2) is 8.43. The van der Waals surface area contributed by atoms with Crippen molar-refractivity contribution < 1.29 is 47.8 Å². The van der Waals surface area contributed by atoms with Crippen molar-refractivity contribution in [1.82, 2.24) is 0 Å². The van der Waals surface area contributed by atoms with Crippen molar-refractivity contribution in [2.75, 3.05) is 13.2 Å². The molecule has 0 aromatic heterocycles. The highest BCUT2D eigenvalue weighted by Gasteiger charge is 2.58. The summed E-state index contributed by atoms with van der Waals surface area (Å²) in [7, 11) is 0. The number of carbonyl (C=O) groups excluding carboxylic acids is 1. The quantitative estimate of drug-likeness (QED) is 0.596. The number of rotatable bonds is 6. The zero-order chi connectivity index (χ0) is 25.3. The minimum absolute atomic E-state index is 0.234. The monoisotopic (exact) mass is 488 g/mol. The molecule has 196 valence electrons. The minimum atomic E-state index is -1.57. The zero-order valence-corrected chi connectivity index (χ0v) is 21.7. The number of ether oxygens (including phenoxy) is 8. The van der Waals surface area contributed by atoms with Crippen molar-refractivity contribution >= 4 is 5.78 Å². The molecule has 4 aliphatic heterocycles. The number of hydrogen-bond acceptors (Lipinski definition) is 10. The Morgan fingerprint density at radius 2 is 1.21 bits per heavy atom. The van der Waals surface area contributed by atoms with Crippen molar-refractivity contribution in [3.05, 3.63) is 0 Å². The number of carbonyl (C=O) groups is 1. The molecule has 10 nitrogen and oxygen atoms in total. The molecule has 4 heterocycles. The maximum absolute atomic E-state index is 13.5. The lowest BCUT2D eigenvalue weighted by Crippen LogP contribution is -2.53. The molecule has 0 saturated carbocycles. The van der Waals surface area contributed by atoms with Crippen LogP contribution in [0.4, 0.5) is 0 Å². The molecule has 4 saturated heterocycles. The Morgan fingerprint density at radius 1 is 0.735 bits per heavy atom. The molecule has 0 aliphatic carbocycles. The molecule has 7 atom stereocenters. The van der Waals surface area contributed by atoms with Crippen LogP contribution in [-0.2, 0) is 42.7 Å². The first-order valence-electron chi connectivity index (χ1n) is 12.0. The number of ketones is 1. The van der Waals surface area contributed by atoms with Gasteiger partial charge in [0, 0.05) is 6.42 Å². The van der Waals surface area contributed by atoms with Crippen molar-refractivity contribution in [1.29, 1.82) is 0 Å². The van der Waals surface area contributed by atoms with Gasteiger partial charge in [-0.05, 0) is 62.3 Å². The number of hydrogen-bond donors (Lipinski definition) is 1. The van der Waals surface area contributed by atoms with E-state index in [1.807, 2.05) is 27.7 Å². The molecule has 1 N–H and O–H groups in total. The van der Waals surface area contributed by atoms with Gasteiger partial charge in [0.15, 0.2) is 28.9 Å². The Hall–Kier alpha value is -0.690. The van der Waals surface area contributed by atoms with E-state index in [9.17, 15) is 9.90 Å².